The highest BCUT2D eigenvalue weighted by molar-refractivity contribution is 6.35. The number of nitrogens with one attached hydrogen (secondary N) is 1. The lowest BCUT2D eigenvalue weighted by molar-refractivity contribution is 0.0828. The molecule has 0 radical (unpaired) electrons. The Morgan fingerprint density at radius 1 is 0.905 bits per heavy atom. The van der Waals surface area contributed by atoms with E-state index in [4.69, 9.17) is 27.3 Å². The fourth-order valence-electron chi connectivity index (χ4n) is 6.83. The van der Waals surface area contributed by atoms with Crippen molar-refractivity contribution in [3.8, 4) is 11.1 Å². The van der Waals surface area contributed by atoms with Crippen LogP contribution < -0.4 is 11.1 Å². The number of halogens is 1. The molecule has 0 atom stereocenters. The van der Waals surface area contributed by atoms with Crippen molar-refractivity contribution in [1.82, 2.24) is 33.9 Å². The lowest BCUT2D eigenvalue weighted by Crippen LogP contribution is -2.49. The Kier molecular flexibility index (Phi) is 7.04. The van der Waals surface area contributed by atoms with Crippen molar-refractivity contribution in [2.45, 2.75) is 44.7 Å². The van der Waals surface area contributed by atoms with Crippen LogP contribution in [-0.4, -0.2) is 73.2 Å². The van der Waals surface area contributed by atoms with E-state index >= 15 is 0 Å². The van der Waals surface area contributed by atoms with Crippen molar-refractivity contribution in [2.24, 2.45) is 7.05 Å². The topological polar surface area (TPSA) is 93.1 Å². The van der Waals surface area contributed by atoms with Gasteiger partial charge in [-0.05, 0) is 69.0 Å². The molecule has 1 aliphatic carbocycles. The van der Waals surface area contributed by atoms with Crippen LogP contribution in [0.15, 0.2) is 48.9 Å². The van der Waals surface area contributed by atoms with E-state index in [2.05, 4.69) is 62.2 Å². The molecule has 3 aromatic heterocycles. The van der Waals surface area contributed by atoms with Crippen LogP contribution in [0.1, 0.15) is 37.3 Å². The number of benzene rings is 2. The SMILES string of the molecule is Cc1ccc2nc(Nc3ccc(-c4cn([C@H]5CC[C@H](N6CCN(C)CC6)CC5)c5ncnc(N)c45)cc3)n(C)c2c1Cl. The van der Waals surface area contributed by atoms with Crippen molar-refractivity contribution in [2.75, 3.05) is 44.3 Å². The minimum absolute atomic E-state index is 0.410. The van der Waals surface area contributed by atoms with E-state index in [0.29, 0.717) is 17.9 Å². The quantitative estimate of drug-likeness (QED) is 0.262. The van der Waals surface area contributed by atoms with Gasteiger partial charge in [0.15, 0.2) is 0 Å². The number of nitrogens with two attached hydrogens (primary N) is 1. The first-order valence-electron chi connectivity index (χ1n) is 14.9. The fourth-order valence-corrected chi connectivity index (χ4v) is 7.11. The lowest BCUT2D eigenvalue weighted by Gasteiger charge is -2.41. The Morgan fingerprint density at radius 2 is 1.62 bits per heavy atom. The summed E-state index contributed by atoms with van der Waals surface area (Å²) in [7, 11) is 4.20. The maximum atomic E-state index is 6.59. The van der Waals surface area contributed by atoms with Crippen LogP contribution >= 0.6 is 11.6 Å². The number of aromatic nitrogens is 5. The molecule has 2 fully saturated rings. The first-order chi connectivity index (χ1) is 20.4. The van der Waals surface area contributed by atoms with Crippen LogP contribution in [0.2, 0.25) is 5.02 Å². The Morgan fingerprint density at radius 3 is 2.36 bits per heavy atom. The van der Waals surface area contributed by atoms with E-state index in [-0.39, 0.29) is 0 Å². The third-order valence-corrected chi connectivity index (χ3v) is 9.85. The smallest absolute Gasteiger partial charge is 0.208 e. The van der Waals surface area contributed by atoms with Crippen LogP contribution in [-0.2, 0) is 7.05 Å². The van der Waals surface area contributed by atoms with Gasteiger partial charge in [0.25, 0.3) is 0 Å². The molecule has 7 rings (SSSR count). The van der Waals surface area contributed by atoms with E-state index in [1.54, 1.807) is 6.33 Å². The van der Waals surface area contributed by atoms with Crippen LogP contribution in [0, 0.1) is 6.92 Å². The summed E-state index contributed by atoms with van der Waals surface area (Å²) in [5, 5.41) is 5.12. The number of hydrogen-bond acceptors (Lipinski definition) is 7. The highest BCUT2D eigenvalue weighted by atomic mass is 35.5. The normalized spacial score (nSPS) is 20.5. The summed E-state index contributed by atoms with van der Waals surface area (Å²) in [6.07, 6.45) is 8.57. The van der Waals surface area contributed by atoms with Gasteiger partial charge in [0, 0.05) is 62.8 Å². The monoisotopic (exact) mass is 583 g/mol. The number of hydrogen-bond donors (Lipinski definition) is 2. The van der Waals surface area contributed by atoms with Crippen LogP contribution in [0.4, 0.5) is 17.5 Å². The third-order valence-electron chi connectivity index (χ3n) is 9.37. The maximum Gasteiger partial charge on any atom is 0.208 e. The third kappa shape index (κ3) is 4.79. The summed E-state index contributed by atoms with van der Waals surface area (Å²) < 4.78 is 4.36. The number of likely N-dealkylation sites (N-methyl/N-ethyl adjacent to an activating group) is 1. The number of imidazole rings is 1. The molecule has 218 valence electrons. The number of nitrogens with zero attached hydrogens (tertiary/aromatic N) is 7. The van der Waals surface area contributed by atoms with Crippen LogP contribution in [0.3, 0.4) is 0 Å². The molecular formula is C32H38ClN9. The minimum atomic E-state index is 0.410. The average molecular weight is 584 g/mol. The van der Waals surface area contributed by atoms with Gasteiger partial charge in [-0.1, -0.05) is 29.8 Å². The number of aryl methyl sites for hydroxylation is 2. The summed E-state index contributed by atoms with van der Waals surface area (Å²) >= 11 is 6.59. The molecule has 1 aliphatic heterocycles. The largest absolute Gasteiger partial charge is 0.383 e. The molecule has 1 saturated heterocycles. The van der Waals surface area contributed by atoms with Crippen LogP contribution in [0.5, 0.6) is 0 Å². The second-order valence-electron chi connectivity index (χ2n) is 12.0. The first-order valence-corrected chi connectivity index (χ1v) is 15.3. The summed E-state index contributed by atoms with van der Waals surface area (Å²) in [5.74, 6) is 1.26. The first kappa shape index (κ1) is 27.2. The van der Waals surface area contributed by atoms with Gasteiger partial charge >= 0.3 is 0 Å². The molecule has 10 heteroatoms. The molecule has 1 saturated carbocycles. The predicted molar refractivity (Wildman–Crippen MR) is 171 cm³/mol. The van der Waals surface area contributed by atoms with Gasteiger partial charge in [-0.2, -0.15) is 0 Å². The van der Waals surface area contributed by atoms with Crippen molar-refractivity contribution in [1.29, 1.82) is 0 Å². The number of piperazine rings is 1. The van der Waals surface area contributed by atoms with Gasteiger partial charge < -0.3 is 25.1 Å². The molecule has 0 unspecified atom stereocenters. The van der Waals surface area contributed by atoms with Crippen LogP contribution in [0.25, 0.3) is 33.2 Å². The number of rotatable bonds is 5. The summed E-state index contributed by atoms with van der Waals surface area (Å²) in [6.45, 7) is 6.71. The van der Waals surface area contributed by atoms with Gasteiger partial charge in [0.1, 0.15) is 17.8 Å². The van der Waals surface area contributed by atoms with Crippen molar-refractivity contribution < 1.29 is 0 Å². The molecule has 42 heavy (non-hydrogen) atoms. The molecule has 0 spiro atoms. The second kappa shape index (κ2) is 10.9. The van der Waals surface area contributed by atoms with E-state index in [0.717, 1.165) is 68.3 Å². The van der Waals surface area contributed by atoms with E-state index in [1.165, 1.54) is 39.0 Å². The molecule has 5 aromatic rings. The van der Waals surface area contributed by atoms with Gasteiger partial charge in [-0.15, -0.1) is 0 Å². The number of anilines is 3. The number of nitrogen functional groups attached to an aromatic ring is 1. The molecule has 3 N–H and O–H groups in total. The van der Waals surface area contributed by atoms with Crippen molar-refractivity contribution in [3.63, 3.8) is 0 Å². The Hall–Kier alpha value is -3.66. The standard InChI is InChI=1S/C32H38ClN9/c1-20-4-13-26-29(28(20)33)40(3)32(38-26)37-22-7-5-21(6-8-22)25-18-42(31-27(25)30(34)35-19-36-31)24-11-9-23(10-12-24)41-16-14-39(2)15-17-41/h4-8,13,18-19,23-24H,9-12,14-17H2,1-3H3,(H,37,38)(H2,34,35,36)/t23-,24-. The molecule has 9 nitrogen and oxygen atoms in total. The summed E-state index contributed by atoms with van der Waals surface area (Å²) in [4.78, 5) is 19.0. The zero-order valence-electron chi connectivity index (χ0n) is 24.5. The lowest BCUT2D eigenvalue weighted by atomic mass is 9.89. The molecule has 0 bridgehead atoms. The van der Waals surface area contributed by atoms with E-state index < -0.39 is 0 Å². The molecular weight excluding hydrogens is 546 g/mol. The zero-order chi connectivity index (χ0) is 29.0. The second-order valence-corrected chi connectivity index (χ2v) is 12.3. The molecule has 2 aromatic carbocycles. The molecule has 2 aliphatic rings. The summed E-state index contributed by atoms with van der Waals surface area (Å²) in [6, 6.07) is 13.5. The zero-order valence-corrected chi connectivity index (χ0v) is 25.3. The number of fused-ring (bicyclic) bond motifs is 2. The van der Waals surface area contributed by atoms with Gasteiger partial charge in [0.2, 0.25) is 5.95 Å². The molecule has 0 amide bonds. The Balaban J connectivity index is 1.13. The van der Waals surface area contributed by atoms with Gasteiger partial charge in [-0.3, -0.25) is 4.90 Å². The van der Waals surface area contributed by atoms with Gasteiger partial charge in [-0.25, -0.2) is 15.0 Å². The Bertz CT molecular complexity index is 1740. The molecule has 4 heterocycles. The van der Waals surface area contributed by atoms with Crippen molar-refractivity contribution >= 4 is 51.1 Å². The highest BCUT2D eigenvalue weighted by Crippen LogP contribution is 2.39. The van der Waals surface area contributed by atoms with E-state index in [1.807, 2.05) is 30.7 Å². The average Bonchev–Trinajstić information content (AvgIpc) is 3.55. The minimum Gasteiger partial charge on any atom is -0.383 e. The Labute approximate surface area is 251 Å². The van der Waals surface area contributed by atoms with Crippen molar-refractivity contribution in [3.05, 3.63) is 59.5 Å². The summed E-state index contributed by atoms with van der Waals surface area (Å²) in [5.41, 5.74) is 13.3. The van der Waals surface area contributed by atoms with E-state index in [9.17, 15) is 0 Å². The van der Waals surface area contributed by atoms with Gasteiger partial charge in [0.05, 0.1) is 21.4 Å². The highest BCUT2D eigenvalue weighted by Gasteiger charge is 2.30. The fraction of sp³-hybridized carbons (Fsp3) is 0.406. The predicted octanol–water partition coefficient (Wildman–Crippen LogP) is 6.00. The maximum absolute atomic E-state index is 6.59.